The summed E-state index contributed by atoms with van der Waals surface area (Å²) in [5.41, 5.74) is 2.45. The van der Waals surface area contributed by atoms with Crippen molar-refractivity contribution in [1.29, 1.82) is 0 Å². The molecule has 0 radical (unpaired) electrons. The van der Waals surface area contributed by atoms with Crippen molar-refractivity contribution >= 4 is 45.1 Å². The second kappa shape index (κ2) is 8.85. The van der Waals surface area contributed by atoms with E-state index in [0.717, 1.165) is 15.6 Å². The number of nitrogens with one attached hydrogen (secondary N) is 1. The second-order valence-electron chi connectivity index (χ2n) is 5.29. The van der Waals surface area contributed by atoms with Crippen LogP contribution in [0.2, 0.25) is 5.02 Å². The highest BCUT2D eigenvalue weighted by atomic mass is 79.9. The number of benzene rings is 2. The van der Waals surface area contributed by atoms with E-state index in [2.05, 4.69) is 21.2 Å². The van der Waals surface area contributed by atoms with E-state index in [4.69, 9.17) is 16.3 Å². The van der Waals surface area contributed by atoms with Gasteiger partial charge in [-0.15, -0.1) is 0 Å². The minimum atomic E-state index is -0.407. The molecule has 24 heavy (non-hydrogen) atoms. The number of anilines is 1. The predicted molar refractivity (Wildman–Crippen MR) is 98.0 cm³/mol. The van der Waals surface area contributed by atoms with Gasteiger partial charge in [-0.3, -0.25) is 9.59 Å². The van der Waals surface area contributed by atoms with Crippen molar-refractivity contribution in [1.82, 2.24) is 0 Å². The van der Waals surface area contributed by atoms with Gasteiger partial charge in [0.15, 0.2) is 0 Å². The van der Waals surface area contributed by atoms with Gasteiger partial charge in [-0.1, -0.05) is 45.7 Å². The quantitative estimate of drug-likeness (QED) is 0.691. The molecule has 4 nitrogen and oxygen atoms in total. The minimum Gasteiger partial charge on any atom is -0.461 e. The van der Waals surface area contributed by atoms with Gasteiger partial charge in [0, 0.05) is 21.6 Å². The van der Waals surface area contributed by atoms with Crippen LogP contribution in [-0.4, -0.2) is 11.9 Å². The normalized spacial score (nSPS) is 10.3. The number of halogens is 2. The van der Waals surface area contributed by atoms with Crippen LogP contribution in [-0.2, 0) is 20.9 Å². The maximum absolute atomic E-state index is 11.9. The molecule has 2 aromatic rings. The molecule has 2 rings (SSSR count). The predicted octanol–water partition coefficient (Wildman–Crippen LogP) is 4.87. The van der Waals surface area contributed by atoms with E-state index in [1.807, 2.05) is 37.3 Å². The van der Waals surface area contributed by atoms with Gasteiger partial charge in [-0.05, 0) is 42.3 Å². The summed E-state index contributed by atoms with van der Waals surface area (Å²) in [6.07, 6.45) is 0.0904. The molecule has 0 spiro atoms. The first kappa shape index (κ1) is 18.5. The Morgan fingerprint density at radius 3 is 2.54 bits per heavy atom. The monoisotopic (exact) mass is 409 g/mol. The Hall–Kier alpha value is -1.85. The van der Waals surface area contributed by atoms with Crippen LogP contribution in [0.1, 0.15) is 24.0 Å². The molecule has 1 N–H and O–H groups in total. The van der Waals surface area contributed by atoms with E-state index in [1.165, 1.54) is 0 Å². The van der Waals surface area contributed by atoms with Crippen LogP contribution in [0.4, 0.5) is 5.69 Å². The Morgan fingerprint density at radius 1 is 1.12 bits per heavy atom. The lowest BCUT2D eigenvalue weighted by atomic mass is 10.2. The number of carbonyl (C=O) groups excluding carboxylic acids is 2. The van der Waals surface area contributed by atoms with Gasteiger partial charge in [0.2, 0.25) is 5.91 Å². The summed E-state index contributed by atoms with van der Waals surface area (Å²) in [4.78, 5) is 23.7. The van der Waals surface area contributed by atoms with Crippen LogP contribution in [0.5, 0.6) is 0 Å². The Morgan fingerprint density at radius 2 is 1.83 bits per heavy atom. The number of amides is 1. The molecule has 0 atom stereocenters. The molecule has 0 bridgehead atoms. The van der Waals surface area contributed by atoms with Crippen molar-refractivity contribution in [3.63, 3.8) is 0 Å². The smallest absolute Gasteiger partial charge is 0.306 e. The minimum absolute atomic E-state index is 0.0297. The zero-order valence-corrected chi connectivity index (χ0v) is 15.5. The molecule has 126 valence electrons. The highest BCUT2D eigenvalue weighted by molar-refractivity contribution is 9.10. The lowest BCUT2D eigenvalue weighted by molar-refractivity contribution is -0.145. The number of carbonyl (C=O) groups is 2. The average Bonchev–Trinajstić information content (AvgIpc) is 2.56. The van der Waals surface area contributed by atoms with Gasteiger partial charge < -0.3 is 10.1 Å². The van der Waals surface area contributed by atoms with Gasteiger partial charge in [-0.2, -0.15) is 0 Å². The fourth-order valence-electron chi connectivity index (χ4n) is 1.97. The molecule has 0 aliphatic carbocycles. The third-order valence-electron chi connectivity index (χ3n) is 3.34. The highest BCUT2D eigenvalue weighted by Gasteiger charge is 2.10. The van der Waals surface area contributed by atoms with Crippen LogP contribution in [0.3, 0.4) is 0 Å². The second-order valence-corrected chi connectivity index (χ2v) is 6.65. The lowest BCUT2D eigenvalue weighted by Gasteiger charge is -2.09. The number of rotatable bonds is 6. The Bertz CT molecular complexity index is 732. The zero-order chi connectivity index (χ0) is 17.5. The summed E-state index contributed by atoms with van der Waals surface area (Å²) in [7, 11) is 0. The van der Waals surface area contributed by atoms with E-state index < -0.39 is 5.97 Å². The maximum Gasteiger partial charge on any atom is 0.306 e. The third-order valence-corrected chi connectivity index (χ3v) is 4.11. The number of hydrogen-bond donors (Lipinski definition) is 1. The van der Waals surface area contributed by atoms with E-state index in [0.29, 0.717) is 10.7 Å². The van der Waals surface area contributed by atoms with E-state index >= 15 is 0 Å². The molecule has 0 fully saturated rings. The van der Waals surface area contributed by atoms with Crippen LogP contribution >= 0.6 is 27.5 Å². The summed E-state index contributed by atoms with van der Waals surface area (Å²) in [5.74, 6) is -0.656. The number of ether oxygens (including phenoxy) is 1. The molecule has 6 heteroatoms. The Kier molecular flexibility index (Phi) is 6.82. The number of esters is 1. The largest absolute Gasteiger partial charge is 0.461 e. The van der Waals surface area contributed by atoms with Crippen molar-refractivity contribution < 1.29 is 14.3 Å². The SMILES string of the molecule is Cc1ccc(Cl)cc1NC(=O)CCC(=O)OCc1ccc(Br)cc1. The van der Waals surface area contributed by atoms with Gasteiger partial charge >= 0.3 is 5.97 Å². The first-order valence-electron chi connectivity index (χ1n) is 7.40. The Labute approximate surface area is 154 Å². The third kappa shape index (κ3) is 5.98. The van der Waals surface area contributed by atoms with E-state index in [9.17, 15) is 9.59 Å². The van der Waals surface area contributed by atoms with Crippen molar-refractivity contribution in [2.24, 2.45) is 0 Å². The summed E-state index contributed by atoms with van der Waals surface area (Å²) in [6.45, 7) is 2.07. The molecular weight excluding hydrogens is 394 g/mol. The fraction of sp³-hybridized carbons (Fsp3) is 0.222. The average molecular weight is 411 g/mol. The van der Waals surface area contributed by atoms with Crippen molar-refractivity contribution in [3.05, 3.63) is 63.1 Å². The first-order chi connectivity index (χ1) is 11.4. The van der Waals surface area contributed by atoms with Crippen molar-refractivity contribution in [2.45, 2.75) is 26.4 Å². The van der Waals surface area contributed by atoms with Gasteiger partial charge in [0.1, 0.15) is 6.61 Å². The molecule has 0 aromatic heterocycles. The Balaban J connectivity index is 1.75. The summed E-state index contributed by atoms with van der Waals surface area (Å²) < 4.78 is 6.12. The molecule has 0 saturated heterocycles. The topological polar surface area (TPSA) is 55.4 Å². The summed E-state index contributed by atoms with van der Waals surface area (Å²) in [6, 6.07) is 12.8. The molecule has 2 aromatic carbocycles. The van der Waals surface area contributed by atoms with Crippen molar-refractivity contribution in [2.75, 3.05) is 5.32 Å². The van der Waals surface area contributed by atoms with E-state index in [1.54, 1.807) is 12.1 Å². The number of aryl methyl sites for hydroxylation is 1. The highest BCUT2D eigenvalue weighted by Crippen LogP contribution is 2.20. The van der Waals surface area contributed by atoms with E-state index in [-0.39, 0.29) is 25.4 Å². The van der Waals surface area contributed by atoms with Gasteiger partial charge in [0.25, 0.3) is 0 Å². The zero-order valence-electron chi connectivity index (χ0n) is 13.1. The van der Waals surface area contributed by atoms with Crippen molar-refractivity contribution in [3.8, 4) is 0 Å². The summed E-state index contributed by atoms with van der Waals surface area (Å²) in [5, 5.41) is 3.30. The molecule has 0 unspecified atom stereocenters. The molecule has 1 amide bonds. The van der Waals surface area contributed by atoms with Crippen LogP contribution < -0.4 is 5.32 Å². The fourth-order valence-corrected chi connectivity index (χ4v) is 2.41. The molecule has 0 aliphatic heterocycles. The summed E-state index contributed by atoms with van der Waals surface area (Å²) >= 11 is 9.25. The molecular formula is C18H17BrClNO3. The lowest BCUT2D eigenvalue weighted by Crippen LogP contribution is -2.15. The number of hydrogen-bond acceptors (Lipinski definition) is 3. The first-order valence-corrected chi connectivity index (χ1v) is 8.57. The standard InChI is InChI=1S/C18H17BrClNO3/c1-12-2-7-15(20)10-16(12)21-17(22)8-9-18(23)24-11-13-3-5-14(19)6-4-13/h2-7,10H,8-9,11H2,1H3,(H,21,22). The van der Waals surface area contributed by atoms with Crippen LogP contribution in [0.15, 0.2) is 46.9 Å². The van der Waals surface area contributed by atoms with Gasteiger partial charge in [0.05, 0.1) is 6.42 Å². The molecule has 0 saturated carbocycles. The van der Waals surface area contributed by atoms with Crippen LogP contribution in [0.25, 0.3) is 0 Å². The maximum atomic E-state index is 11.9. The van der Waals surface area contributed by atoms with Crippen LogP contribution in [0, 0.1) is 6.92 Å². The molecule has 0 aliphatic rings. The van der Waals surface area contributed by atoms with Gasteiger partial charge in [-0.25, -0.2) is 0 Å². The molecule has 0 heterocycles.